The lowest BCUT2D eigenvalue weighted by atomic mass is 10.1. The van der Waals surface area contributed by atoms with Gasteiger partial charge in [-0.15, -0.1) is 0 Å². The first kappa shape index (κ1) is 18.4. The molecule has 1 aliphatic carbocycles. The molecule has 0 unspecified atom stereocenters. The molecule has 1 fully saturated rings. The highest BCUT2D eigenvalue weighted by atomic mass is 16.5. The van der Waals surface area contributed by atoms with Crippen LogP contribution in [0.2, 0.25) is 0 Å². The molecule has 0 aliphatic heterocycles. The van der Waals surface area contributed by atoms with Crippen LogP contribution in [0.1, 0.15) is 23.2 Å². The summed E-state index contributed by atoms with van der Waals surface area (Å²) in [5.41, 5.74) is -0.729. The molecule has 9 nitrogen and oxygen atoms in total. The van der Waals surface area contributed by atoms with Crippen molar-refractivity contribution in [3.63, 3.8) is 0 Å². The fraction of sp³-hybridized carbons (Fsp3) is 0.333. The number of carbonyl (C=O) groups excluding carboxylic acids is 2. The molecule has 1 heterocycles. The van der Waals surface area contributed by atoms with Crippen molar-refractivity contribution in [2.75, 3.05) is 21.3 Å². The standard InChI is InChI=1S/C18H19N3O6/c1-24-13-10-14(25-2)20-17(19-13)27-12-7-5-4-6-11(12)15(22)21-18(8-9-18)16(23)26-3/h4-7,10H,8-9H2,1-3H3,(H,21,22). The number of ether oxygens (including phenoxy) is 4. The predicted octanol–water partition coefficient (Wildman–Crippen LogP) is 1.72. The summed E-state index contributed by atoms with van der Waals surface area (Å²) < 4.78 is 20.6. The van der Waals surface area contributed by atoms with Crippen molar-refractivity contribution in [1.29, 1.82) is 0 Å². The summed E-state index contributed by atoms with van der Waals surface area (Å²) in [5.74, 6) is -0.188. The fourth-order valence-electron chi connectivity index (χ4n) is 2.47. The second-order valence-electron chi connectivity index (χ2n) is 5.86. The first-order chi connectivity index (χ1) is 13.0. The summed E-state index contributed by atoms with van der Waals surface area (Å²) in [6.07, 6.45) is 1.06. The van der Waals surface area contributed by atoms with Crippen molar-refractivity contribution in [1.82, 2.24) is 15.3 Å². The minimum atomic E-state index is -0.964. The first-order valence-electron chi connectivity index (χ1n) is 8.16. The number of nitrogens with zero attached hydrogens (tertiary/aromatic N) is 2. The van der Waals surface area contributed by atoms with Crippen molar-refractivity contribution in [2.24, 2.45) is 0 Å². The molecule has 3 rings (SSSR count). The zero-order chi connectivity index (χ0) is 19.4. The van der Waals surface area contributed by atoms with Crippen LogP contribution in [0.5, 0.6) is 23.5 Å². The van der Waals surface area contributed by atoms with Gasteiger partial charge in [0, 0.05) is 0 Å². The second-order valence-corrected chi connectivity index (χ2v) is 5.86. The Hall–Kier alpha value is -3.36. The van der Waals surface area contributed by atoms with Gasteiger partial charge in [0.2, 0.25) is 11.8 Å². The van der Waals surface area contributed by atoms with Crippen LogP contribution < -0.4 is 19.5 Å². The quantitative estimate of drug-likeness (QED) is 0.731. The predicted molar refractivity (Wildman–Crippen MR) is 93.1 cm³/mol. The van der Waals surface area contributed by atoms with E-state index in [0.29, 0.717) is 12.8 Å². The van der Waals surface area contributed by atoms with Crippen molar-refractivity contribution in [3.05, 3.63) is 35.9 Å². The Morgan fingerprint density at radius 2 is 1.67 bits per heavy atom. The van der Waals surface area contributed by atoms with Gasteiger partial charge >= 0.3 is 12.0 Å². The van der Waals surface area contributed by atoms with Gasteiger partial charge in [0.1, 0.15) is 11.3 Å². The number of aromatic nitrogens is 2. The lowest BCUT2D eigenvalue weighted by Crippen LogP contribution is -2.43. The summed E-state index contributed by atoms with van der Waals surface area (Å²) in [7, 11) is 4.20. The lowest BCUT2D eigenvalue weighted by molar-refractivity contribution is -0.144. The van der Waals surface area contributed by atoms with E-state index >= 15 is 0 Å². The average molecular weight is 373 g/mol. The number of para-hydroxylation sites is 1. The average Bonchev–Trinajstić information content (AvgIpc) is 3.47. The maximum Gasteiger partial charge on any atom is 0.331 e. The molecule has 27 heavy (non-hydrogen) atoms. The van der Waals surface area contributed by atoms with E-state index in [9.17, 15) is 9.59 Å². The Labute approximate surface area is 155 Å². The molecular formula is C18H19N3O6. The van der Waals surface area contributed by atoms with Crippen LogP contribution in [0.25, 0.3) is 0 Å². The Balaban J connectivity index is 1.84. The third kappa shape index (κ3) is 3.91. The zero-order valence-electron chi connectivity index (χ0n) is 15.1. The number of methoxy groups -OCH3 is 3. The summed E-state index contributed by atoms with van der Waals surface area (Å²) in [6, 6.07) is 8.03. The highest BCUT2D eigenvalue weighted by molar-refractivity contribution is 6.01. The molecule has 2 aromatic rings. The summed E-state index contributed by atoms with van der Waals surface area (Å²) in [6.45, 7) is 0. The highest BCUT2D eigenvalue weighted by Gasteiger charge is 2.52. The lowest BCUT2D eigenvalue weighted by Gasteiger charge is -2.16. The molecule has 0 atom stereocenters. The normalized spacial score (nSPS) is 14.0. The Morgan fingerprint density at radius 3 is 2.22 bits per heavy atom. The third-order valence-electron chi connectivity index (χ3n) is 4.09. The second kappa shape index (κ2) is 7.48. The van der Waals surface area contributed by atoms with Gasteiger partial charge in [0.25, 0.3) is 5.91 Å². The molecule has 142 valence electrons. The smallest absolute Gasteiger partial charge is 0.331 e. The summed E-state index contributed by atoms with van der Waals surface area (Å²) in [4.78, 5) is 32.7. The number of hydrogen-bond donors (Lipinski definition) is 1. The molecule has 0 radical (unpaired) electrons. The van der Waals surface area contributed by atoms with E-state index in [2.05, 4.69) is 15.3 Å². The van der Waals surface area contributed by atoms with Gasteiger partial charge in [0.15, 0.2) is 0 Å². The molecule has 1 aromatic carbocycles. The van der Waals surface area contributed by atoms with E-state index in [-0.39, 0.29) is 29.1 Å². The number of benzene rings is 1. The van der Waals surface area contributed by atoms with Crippen LogP contribution in [0, 0.1) is 0 Å². The number of carbonyl (C=O) groups is 2. The number of nitrogens with one attached hydrogen (secondary N) is 1. The van der Waals surface area contributed by atoms with Gasteiger partial charge in [-0.05, 0) is 25.0 Å². The Bertz CT molecular complexity index is 844. The molecule has 1 N–H and O–H groups in total. The molecule has 0 spiro atoms. The van der Waals surface area contributed by atoms with Gasteiger partial charge in [-0.25, -0.2) is 4.79 Å². The van der Waals surface area contributed by atoms with Crippen LogP contribution >= 0.6 is 0 Å². The number of esters is 1. The van der Waals surface area contributed by atoms with E-state index in [4.69, 9.17) is 18.9 Å². The fourth-order valence-corrected chi connectivity index (χ4v) is 2.47. The van der Waals surface area contributed by atoms with Gasteiger partial charge < -0.3 is 24.3 Å². The minimum Gasteiger partial charge on any atom is -0.481 e. The van der Waals surface area contributed by atoms with E-state index in [1.807, 2.05) is 0 Å². The third-order valence-corrected chi connectivity index (χ3v) is 4.09. The van der Waals surface area contributed by atoms with Gasteiger partial charge in [-0.3, -0.25) is 4.79 Å². The maximum absolute atomic E-state index is 12.7. The van der Waals surface area contributed by atoms with Crippen molar-refractivity contribution >= 4 is 11.9 Å². The Morgan fingerprint density at radius 1 is 1.04 bits per heavy atom. The maximum atomic E-state index is 12.7. The Kier molecular flexibility index (Phi) is 5.11. The van der Waals surface area contributed by atoms with Crippen molar-refractivity contribution in [2.45, 2.75) is 18.4 Å². The molecule has 9 heteroatoms. The topological polar surface area (TPSA) is 109 Å². The zero-order valence-corrected chi connectivity index (χ0v) is 15.1. The number of hydrogen-bond acceptors (Lipinski definition) is 8. The molecular weight excluding hydrogens is 354 g/mol. The summed E-state index contributed by atoms with van der Waals surface area (Å²) in [5, 5.41) is 2.72. The monoisotopic (exact) mass is 373 g/mol. The largest absolute Gasteiger partial charge is 0.481 e. The van der Waals surface area contributed by atoms with Gasteiger partial charge in [0.05, 0.1) is 33.0 Å². The van der Waals surface area contributed by atoms with Crippen LogP contribution in [-0.2, 0) is 9.53 Å². The molecule has 1 saturated carbocycles. The van der Waals surface area contributed by atoms with Crippen LogP contribution in [0.4, 0.5) is 0 Å². The molecule has 1 aliphatic rings. The molecule has 0 saturated heterocycles. The van der Waals surface area contributed by atoms with E-state index in [0.717, 1.165) is 0 Å². The molecule has 1 aromatic heterocycles. The van der Waals surface area contributed by atoms with Gasteiger partial charge in [-0.2, -0.15) is 9.97 Å². The van der Waals surface area contributed by atoms with Crippen molar-refractivity contribution in [3.8, 4) is 23.5 Å². The number of rotatable bonds is 7. The van der Waals surface area contributed by atoms with Crippen molar-refractivity contribution < 1.29 is 28.5 Å². The van der Waals surface area contributed by atoms with Gasteiger partial charge in [-0.1, -0.05) is 12.1 Å². The van der Waals surface area contributed by atoms with E-state index in [1.165, 1.54) is 27.4 Å². The summed E-state index contributed by atoms with van der Waals surface area (Å²) >= 11 is 0. The highest BCUT2D eigenvalue weighted by Crippen LogP contribution is 2.37. The van der Waals surface area contributed by atoms with E-state index < -0.39 is 17.4 Å². The van der Waals surface area contributed by atoms with Crippen LogP contribution in [0.3, 0.4) is 0 Å². The van der Waals surface area contributed by atoms with Crippen LogP contribution in [0.15, 0.2) is 30.3 Å². The first-order valence-corrected chi connectivity index (χ1v) is 8.16. The van der Waals surface area contributed by atoms with Crippen LogP contribution in [-0.4, -0.2) is 48.7 Å². The number of amides is 1. The molecule has 0 bridgehead atoms. The minimum absolute atomic E-state index is 0.0412. The molecule has 1 amide bonds. The SMILES string of the molecule is COC(=O)C1(NC(=O)c2ccccc2Oc2nc(OC)cc(OC)n2)CC1. The van der Waals surface area contributed by atoms with E-state index in [1.54, 1.807) is 24.3 Å².